The van der Waals surface area contributed by atoms with Gasteiger partial charge in [-0.1, -0.05) is 48.5 Å². The lowest BCUT2D eigenvalue weighted by Gasteiger charge is -2.24. The number of nitrogens with one attached hydrogen (secondary N) is 1. The Morgan fingerprint density at radius 3 is 2.18 bits per heavy atom. The number of ether oxygens (including phenoxy) is 1. The van der Waals surface area contributed by atoms with E-state index in [1.165, 1.54) is 0 Å². The summed E-state index contributed by atoms with van der Waals surface area (Å²) in [5, 5.41) is 10.8. The molecule has 1 aliphatic heterocycles. The molecule has 0 aromatic heterocycles. The maximum atomic E-state index is 13.5. The van der Waals surface area contributed by atoms with Gasteiger partial charge in [0.25, 0.3) is 0 Å². The van der Waals surface area contributed by atoms with Gasteiger partial charge in [-0.05, 0) is 28.7 Å². The molecule has 180 valence electrons. The molecule has 2 aromatic carbocycles. The third kappa shape index (κ3) is 4.85. The number of alkyl halides is 3. The van der Waals surface area contributed by atoms with E-state index in [-0.39, 0.29) is 32.0 Å². The largest absolute Gasteiger partial charge is 0.481 e. The average Bonchev–Trinajstić information content (AvgIpc) is 3.41. The highest BCUT2D eigenvalue weighted by Gasteiger charge is 2.44. The van der Waals surface area contributed by atoms with Crippen molar-refractivity contribution >= 4 is 18.0 Å². The van der Waals surface area contributed by atoms with Crippen molar-refractivity contribution in [2.75, 3.05) is 19.7 Å². The number of fused-ring (bicyclic) bond motifs is 3. The number of amides is 2. The van der Waals surface area contributed by atoms with E-state index in [9.17, 15) is 27.6 Å². The molecule has 1 saturated heterocycles. The second-order valence-corrected chi connectivity index (χ2v) is 8.43. The fraction of sp³-hybridized carbons (Fsp3) is 0.375. The van der Waals surface area contributed by atoms with Crippen molar-refractivity contribution in [1.82, 2.24) is 10.2 Å². The monoisotopic (exact) mass is 476 g/mol. The molecule has 0 radical (unpaired) electrons. The lowest BCUT2D eigenvalue weighted by Crippen LogP contribution is -2.48. The Hall–Kier alpha value is -3.56. The Morgan fingerprint density at radius 1 is 1.06 bits per heavy atom. The van der Waals surface area contributed by atoms with Gasteiger partial charge in [0.1, 0.15) is 12.6 Å². The van der Waals surface area contributed by atoms with Crippen molar-refractivity contribution in [2.45, 2.75) is 31.0 Å². The minimum atomic E-state index is -4.88. The first-order valence-corrected chi connectivity index (χ1v) is 10.8. The fourth-order valence-electron chi connectivity index (χ4n) is 4.52. The van der Waals surface area contributed by atoms with E-state index in [1.54, 1.807) is 5.32 Å². The summed E-state index contributed by atoms with van der Waals surface area (Å²) in [6.45, 7) is -0.250. The van der Waals surface area contributed by atoms with E-state index in [0.717, 1.165) is 27.2 Å². The molecule has 1 aliphatic carbocycles. The Kier molecular flexibility index (Phi) is 6.49. The van der Waals surface area contributed by atoms with Crippen LogP contribution in [0.4, 0.5) is 18.0 Å². The highest BCUT2D eigenvalue weighted by molar-refractivity contribution is 5.81. The van der Waals surface area contributed by atoms with Gasteiger partial charge >= 0.3 is 18.2 Å². The van der Waals surface area contributed by atoms with Crippen LogP contribution in [0.3, 0.4) is 0 Å². The van der Waals surface area contributed by atoms with Gasteiger partial charge in [-0.2, -0.15) is 13.2 Å². The molecule has 1 heterocycles. The van der Waals surface area contributed by atoms with Crippen molar-refractivity contribution in [3.8, 4) is 11.1 Å². The molecule has 10 heteroatoms. The first-order chi connectivity index (χ1) is 16.1. The summed E-state index contributed by atoms with van der Waals surface area (Å²) in [5.41, 5.74) is 3.80. The second-order valence-electron chi connectivity index (χ2n) is 8.43. The molecule has 2 atom stereocenters. The van der Waals surface area contributed by atoms with Crippen LogP contribution in [0.25, 0.3) is 11.1 Å². The summed E-state index contributed by atoms with van der Waals surface area (Å²) in [7, 11) is 0. The summed E-state index contributed by atoms with van der Waals surface area (Å²) in [4.78, 5) is 36.7. The number of alkyl carbamates (subject to hydrolysis) is 1. The maximum absolute atomic E-state index is 13.5. The van der Waals surface area contributed by atoms with Crippen molar-refractivity contribution < 1.29 is 37.4 Å². The molecule has 0 spiro atoms. The van der Waals surface area contributed by atoms with Crippen LogP contribution < -0.4 is 5.32 Å². The average molecular weight is 476 g/mol. The highest BCUT2D eigenvalue weighted by atomic mass is 19.4. The van der Waals surface area contributed by atoms with Crippen molar-refractivity contribution in [3.05, 3.63) is 59.7 Å². The van der Waals surface area contributed by atoms with Gasteiger partial charge in [-0.3, -0.25) is 9.59 Å². The Morgan fingerprint density at radius 2 is 1.65 bits per heavy atom. The molecular formula is C24H23F3N2O5. The van der Waals surface area contributed by atoms with E-state index < -0.39 is 42.5 Å². The SMILES string of the molecule is O=C(NC(CC(=O)N1CCC(C(=O)O)C1)C(F)(F)F)OCC1c2ccccc2-c2ccccc21. The van der Waals surface area contributed by atoms with Crippen LogP contribution >= 0.6 is 0 Å². The third-order valence-corrected chi connectivity index (χ3v) is 6.30. The number of likely N-dealkylation sites (tertiary alicyclic amines) is 1. The summed E-state index contributed by atoms with van der Waals surface area (Å²) in [5.74, 6) is -3.09. The Labute approximate surface area is 193 Å². The first kappa shape index (κ1) is 23.6. The zero-order valence-corrected chi connectivity index (χ0v) is 18.0. The number of rotatable bonds is 6. The summed E-state index contributed by atoms with van der Waals surface area (Å²) in [6.07, 6.45) is -7.01. The van der Waals surface area contributed by atoms with Gasteiger partial charge in [0.2, 0.25) is 5.91 Å². The summed E-state index contributed by atoms with van der Waals surface area (Å²) >= 11 is 0. The zero-order chi connectivity index (χ0) is 24.5. The van der Waals surface area contributed by atoms with Crippen LogP contribution in [0, 0.1) is 5.92 Å². The maximum Gasteiger partial charge on any atom is 0.409 e. The highest BCUT2D eigenvalue weighted by Crippen LogP contribution is 2.44. The Balaban J connectivity index is 1.39. The molecule has 2 aromatic rings. The summed E-state index contributed by atoms with van der Waals surface area (Å²) < 4.78 is 45.8. The molecule has 0 saturated carbocycles. The van der Waals surface area contributed by atoms with E-state index in [1.807, 2.05) is 48.5 Å². The number of hydrogen-bond donors (Lipinski definition) is 2. The summed E-state index contributed by atoms with van der Waals surface area (Å²) in [6, 6.07) is 12.7. The number of nitrogens with zero attached hydrogens (tertiary/aromatic N) is 1. The van der Waals surface area contributed by atoms with E-state index in [4.69, 9.17) is 9.84 Å². The number of carbonyl (C=O) groups excluding carboxylic acids is 2. The first-order valence-electron chi connectivity index (χ1n) is 10.8. The van der Waals surface area contributed by atoms with Gasteiger partial charge in [0.05, 0.1) is 12.3 Å². The number of carboxylic acid groups (broad SMARTS) is 1. The molecule has 2 N–H and O–H groups in total. The van der Waals surface area contributed by atoms with Crippen LogP contribution in [-0.2, 0) is 14.3 Å². The lowest BCUT2D eigenvalue weighted by atomic mass is 9.98. The molecule has 7 nitrogen and oxygen atoms in total. The minimum Gasteiger partial charge on any atom is -0.481 e. The van der Waals surface area contributed by atoms with Gasteiger partial charge in [0.15, 0.2) is 0 Å². The normalized spacial score (nSPS) is 18.2. The van der Waals surface area contributed by atoms with E-state index >= 15 is 0 Å². The quantitative estimate of drug-likeness (QED) is 0.662. The number of carbonyl (C=O) groups is 3. The van der Waals surface area contributed by atoms with Gasteiger partial charge in [0, 0.05) is 19.0 Å². The molecule has 34 heavy (non-hydrogen) atoms. The van der Waals surface area contributed by atoms with Gasteiger partial charge in [-0.25, -0.2) is 4.79 Å². The predicted molar refractivity (Wildman–Crippen MR) is 115 cm³/mol. The standard InChI is InChI=1S/C24H23F3N2O5/c25-24(26,27)20(11-21(30)29-10-9-14(12-29)22(31)32)28-23(33)34-13-19-17-7-3-1-5-15(17)16-6-2-4-8-18(16)19/h1-8,14,19-20H,9-13H2,(H,28,33)(H,31,32). The number of carboxylic acids is 1. The van der Waals surface area contributed by atoms with Crippen molar-refractivity contribution in [1.29, 1.82) is 0 Å². The van der Waals surface area contributed by atoms with Crippen LogP contribution in [0.15, 0.2) is 48.5 Å². The molecule has 2 unspecified atom stereocenters. The molecular weight excluding hydrogens is 453 g/mol. The Bertz CT molecular complexity index is 1060. The van der Waals surface area contributed by atoms with E-state index in [2.05, 4.69) is 0 Å². The zero-order valence-electron chi connectivity index (χ0n) is 18.0. The smallest absolute Gasteiger partial charge is 0.409 e. The topological polar surface area (TPSA) is 95.9 Å². The molecule has 0 bridgehead atoms. The van der Waals surface area contributed by atoms with Crippen LogP contribution in [0.5, 0.6) is 0 Å². The second kappa shape index (κ2) is 9.36. The van der Waals surface area contributed by atoms with Gasteiger partial charge < -0.3 is 20.1 Å². The number of hydrogen-bond acceptors (Lipinski definition) is 4. The number of benzene rings is 2. The molecule has 4 rings (SSSR count). The minimum absolute atomic E-state index is 0.0608. The van der Waals surface area contributed by atoms with E-state index in [0.29, 0.717) is 0 Å². The fourth-order valence-corrected chi connectivity index (χ4v) is 4.52. The lowest BCUT2D eigenvalue weighted by molar-refractivity contribution is -0.163. The number of halogens is 3. The van der Waals surface area contributed by atoms with Crippen molar-refractivity contribution in [2.24, 2.45) is 5.92 Å². The molecule has 1 fully saturated rings. The third-order valence-electron chi connectivity index (χ3n) is 6.30. The van der Waals surface area contributed by atoms with Crippen LogP contribution in [-0.4, -0.2) is 59.9 Å². The predicted octanol–water partition coefficient (Wildman–Crippen LogP) is 3.78. The van der Waals surface area contributed by atoms with Crippen LogP contribution in [0.1, 0.15) is 29.9 Å². The van der Waals surface area contributed by atoms with Crippen molar-refractivity contribution in [3.63, 3.8) is 0 Å². The van der Waals surface area contributed by atoms with Crippen LogP contribution in [0.2, 0.25) is 0 Å². The molecule has 2 amide bonds. The molecule has 2 aliphatic rings. The number of aliphatic carboxylic acids is 1. The van der Waals surface area contributed by atoms with Gasteiger partial charge in [-0.15, -0.1) is 0 Å².